The highest BCUT2D eigenvalue weighted by Gasteiger charge is 2.27. The van der Waals surface area contributed by atoms with Crippen molar-refractivity contribution in [3.8, 4) is 0 Å². The van der Waals surface area contributed by atoms with Gasteiger partial charge in [0.1, 0.15) is 5.82 Å². The molecule has 2 rings (SSSR count). The molecule has 0 aromatic heterocycles. The Morgan fingerprint density at radius 2 is 2.16 bits per heavy atom. The van der Waals surface area contributed by atoms with Crippen LogP contribution in [0.15, 0.2) is 18.2 Å². The van der Waals surface area contributed by atoms with E-state index in [-0.39, 0.29) is 17.6 Å². The number of anilines is 1. The fourth-order valence-corrected chi connectivity index (χ4v) is 2.53. The number of nitrogens with two attached hydrogens (primary N) is 1. The molecule has 1 aromatic rings. The Bertz CT molecular complexity index is 516. The number of nitrogens with zero attached hydrogens (tertiary/aromatic N) is 1. The molecule has 0 aliphatic carbocycles. The van der Waals surface area contributed by atoms with E-state index in [0.29, 0.717) is 24.3 Å². The van der Waals surface area contributed by atoms with Gasteiger partial charge < -0.3 is 10.6 Å². The number of hydrogen-bond acceptors (Lipinski definition) is 3. The average molecular weight is 264 g/mol. The number of carbonyl (C=O) groups is 2. The van der Waals surface area contributed by atoms with E-state index in [9.17, 15) is 14.0 Å². The third kappa shape index (κ3) is 2.75. The van der Waals surface area contributed by atoms with E-state index in [1.807, 2.05) is 0 Å². The Hall–Kier alpha value is -1.91. The van der Waals surface area contributed by atoms with Crippen LogP contribution in [0.2, 0.25) is 0 Å². The molecule has 0 spiro atoms. The Morgan fingerprint density at radius 3 is 2.79 bits per heavy atom. The van der Waals surface area contributed by atoms with E-state index in [0.717, 1.165) is 12.8 Å². The van der Waals surface area contributed by atoms with Crippen LogP contribution in [0.25, 0.3) is 0 Å². The molecule has 4 nitrogen and oxygen atoms in total. The van der Waals surface area contributed by atoms with Crippen molar-refractivity contribution in [2.75, 3.05) is 18.0 Å². The van der Waals surface area contributed by atoms with Crippen LogP contribution in [0.4, 0.5) is 10.1 Å². The first-order chi connectivity index (χ1) is 9.00. The molecule has 1 aliphatic heterocycles. The number of piperidine rings is 1. The molecule has 5 heteroatoms. The molecule has 102 valence electrons. The zero-order valence-corrected chi connectivity index (χ0v) is 10.9. The van der Waals surface area contributed by atoms with Gasteiger partial charge in [-0.2, -0.15) is 0 Å². The molecular weight excluding hydrogens is 247 g/mol. The molecule has 0 saturated carbocycles. The molecule has 1 atom stereocenters. The van der Waals surface area contributed by atoms with Gasteiger partial charge in [0.25, 0.3) is 0 Å². The predicted octanol–water partition coefficient (Wildman–Crippen LogP) is 1.73. The van der Waals surface area contributed by atoms with E-state index in [2.05, 4.69) is 0 Å². The number of amides is 1. The summed E-state index contributed by atoms with van der Waals surface area (Å²) in [5.41, 5.74) is 5.96. The number of primary amides is 1. The summed E-state index contributed by atoms with van der Waals surface area (Å²) >= 11 is 0. The van der Waals surface area contributed by atoms with E-state index < -0.39 is 5.82 Å². The van der Waals surface area contributed by atoms with Crippen molar-refractivity contribution in [2.45, 2.75) is 19.8 Å². The van der Waals surface area contributed by atoms with Gasteiger partial charge >= 0.3 is 0 Å². The second kappa shape index (κ2) is 5.38. The van der Waals surface area contributed by atoms with Crippen LogP contribution < -0.4 is 10.6 Å². The summed E-state index contributed by atoms with van der Waals surface area (Å²) in [7, 11) is 0. The van der Waals surface area contributed by atoms with E-state index in [1.165, 1.54) is 19.1 Å². The summed E-state index contributed by atoms with van der Waals surface area (Å²) in [6.45, 7) is 2.41. The minimum atomic E-state index is -0.433. The molecule has 1 aliphatic rings. The highest BCUT2D eigenvalue weighted by Crippen LogP contribution is 2.29. The lowest BCUT2D eigenvalue weighted by Gasteiger charge is -2.34. The molecule has 1 saturated heterocycles. The van der Waals surface area contributed by atoms with Gasteiger partial charge in [-0.25, -0.2) is 4.39 Å². The van der Waals surface area contributed by atoms with Gasteiger partial charge in [0.2, 0.25) is 5.91 Å². The van der Waals surface area contributed by atoms with Gasteiger partial charge in [0, 0.05) is 18.7 Å². The maximum absolute atomic E-state index is 14.0. The van der Waals surface area contributed by atoms with Crippen LogP contribution in [0.3, 0.4) is 0 Å². The largest absolute Gasteiger partial charge is 0.369 e. The Balaban J connectivity index is 2.35. The van der Waals surface area contributed by atoms with Crippen molar-refractivity contribution in [3.63, 3.8) is 0 Å². The first-order valence-corrected chi connectivity index (χ1v) is 6.34. The average Bonchev–Trinajstić information content (AvgIpc) is 2.38. The lowest BCUT2D eigenvalue weighted by atomic mass is 9.96. The first kappa shape index (κ1) is 13.5. The SMILES string of the molecule is CC(=O)c1cccc(F)c1N1CCCC(C(N)=O)C1. The maximum atomic E-state index is 14.0. The van der Waals surface area contributed by atoms with Crippen LogP contribution in [0, 0.1) is 11.7 Å². The van der Waals surface area contributed by atoms with Crippen molar-refractivity contribution in [3.05, 3.63) is 29.6 Å². The molecular formula is C14H17FN2O2. The lowest BCUT2D eigenvalue weighted by Crippen LogP contribution is -2.42. The zero-order chi connectivity index (χ0) is 14.0. The normalized spacial score (nSPS) is 19.3. The number of para-hydroxylation sites is 1. The fourth-order valence-electron chi connectivity index (χ4n) is 2.53. The molecule has 1 fully saturated rings. The van der Waals surface area contributed by atoms with Crippen LogP contribution in [-0.4, -0.2) is 24.8 Å². The van der Waals surface area contributed by atoms with Gasteiger partial charge in [0.15, 0.2) is 5.78 Å². The van der Waals surface area contributed by atoms with Crippen molar-refractivity contribution in [2.24, 2.45) is 11.7 Å². The predicted molar refractivity (Wildman–Crippen MR) is 70.5 cm³/mol. The quantitative estimate of drug-likeness (QED) is 0.846. The highest BCUT2D eigenvalue weighted by molar-refractivity contribution is 6.00. The minimum Gasteiger partial charge on any atom is -0.369 e. The third-order valence-corrected chi connectivity index (χ3v) is 3.51. The van der Waals surface area contributed by atoms with Crippen LogP contribution in [0.1, 0.15) is 30.1 Å². The van der Waals surface area contributed by atoms with E-state index in [4.69, 9.17) is 5.73 Å². The monoisotopic (exact) mass is 264 g/mol. The van der Waals surface area contributed by atoms with Gasteiger partial charge in [-0.15, -0.1) is 0 Å². The van der Waals surface area contributed by atoms with Gasteiger partial charge in [0.05, 0.1) is 11.6 Å². The minimum absolute atomic E-state index is 0.185. The van der Waals surface area contributed by atoms with E-state index >= 15 is 0 Å². The smallest absolute Gasteiger partial charge is 0.222 e. The summed E-state index contributed by atoms with van der Waals surface area (Å²) in [6, 6.07) is 4.45. The Labute approximate surface area is 111 Å². The Morgan fingerprint density at radius 1 is 1.42 bits per heavy atom. The molecule has 1 amide bonds. The van der Waals surface area contributed by atoms with Crippen molar-refractivity contribution in [1.29, 1.82) is 0 Å². The fraction of sp³-hybridized carbons (Fsp3) is 0.429. The molecule has 1 heterocycles. The maximum Gasteiger partial charge on any atom is 0.222 e. The summed E-state index contributed by atoms with van der Waals surface area (Å²) in [5, 5.41) is 0. The number of benzene rings is 1. The van der Waals surface area contributed by atoms with Gasteiger partial charge in [-0.3, -0.25) is 9.59 Å². The summed E-state index contributed by atoms with van der Waals surface area (Å²) in [5.74, 6) is -1.27. The number of carbonyl (C=O) groups excluding carboxylic acids is 2. The van der Waals surface area contributed by atoms with Crippen molar-refractivity contribution >= 4 is 17.4 Å². The first-order valence-electron chi connectivity index (χ1n) is 6.34. The lowest BCUT2D eigenvalue weighted by molar-refractivity contribution is -0.122. The number of halogens is 1. The molecule has 1 unspecified atom stereocenters. The topological polar surface area (TPSA) is 63.4 Å². The molecule has 1 aromatic carbocycles. The molecule has 0 bridgehead atoms. The zero-order valence-electron chi connectivity index (χ0n) is 10.9. The summed E-state index contributed by atoms with van der Waals surface area (Å²) in [4.78, 5) is 24.6. The van der Waals surface area contributed by atoms with Gasteiger partial charge in [-0.05, 0) is 31.9 Å². The number of hydrogen-bond donors (Lipinski definition) is 1. The summed E-state index contributed by atoms with van der Waals surface area (Å²) < 4.78 is 14.0. The number of ketones is 1. The molecule has 19 heavy (non-hydrogen) atoms. The van der Waals surface area contributed by atoms with E-state index in [1.54, 1.807) is 11.0 Å². The second-order valence-corrected chi connectivity index (χ2v) is 4.88. The Kier molecular flexibility index (Phi) is 3.83. The van der Waals surface area contributed by atoms with Crippen LogP contribution in [-0.2, 0) is 4.79 Å². The van der Waals surface area contributed by atoms with Crippen LogP contribution in [0.5, 0.6) is 0 Å². The summed E-state index contributed by atoms with van der Waals surface area (Å²) in [6.07, 6.45) is 1.48. The standard InChI is InChI=1S/C14H17FN2O2/c1-9(18)11-5-2-6-12(15)13(11)17-7-3-4-10(8-17)14(16)19/h2,5-6,10H,3-4,7-8H2,1H3,(H2,16,19). The molecule has 2 N–H and O–H groups in total. The second-order valence-electron chi connectivity index (χ2n) is 4.88. The number of rotatable bonds is 3. The van der Waals surface area contributed by atoms with Crippen molar-refractivity contribution in [1.82, 2.24) is 0 Å². The van der Waals surface area contributed by atoms with Crippen molar-refractivity contribution < 1.29 is 14.0 Å². The van der Waals surface area contributed by atoms with Gasteiger partial charge in [-0.1, -0.05) is 6.07 Å². The molecule has 0 radical (unpaired) electrons. The number of Topliss-reactive ketones (excluding diaryl/α,β-unsaturated/α-hetero) is 1. The van der Waals surface area contributed by atoms with Crippen LogP contribution >= 0.6 is 0 Å². The highest BCUT2D eigenvalue weighted by atomic mass is 19.1. The third-order valence-electron chi connectivity index (χ3n) is 3.51.